The molecule has 10 heteroatoms. The third-order valence-electron chi connectivity index (χ3n) is 6.05. The molecular formula is C25H29ClN6O2S. The zero-order chi connectivity index (χ0) is 24.8. The lowest BCUT2D eigenvalue weighted by atomic mass is 9.91. The van der Waals surface area contributed by atoms with Gasteiger partial charge in [0.15, 0.2) is 0 Å². The van der Waals surface area contributed by atoms with Gasteiger partial charge in [0.1, 0.15) is 10.7 Å². The van der Waals surface area contributed by atoms with Gasteiger partial charge in [0.25, 0.3) is 10.0 Å². The monoisotopic (exact) mass is 512 g/mol. The summed E-state index contributed by atoms with van der Waals surface area (Å²) in [7, 11) is 0.461. The molecule has 2 aromatic heterocycles. The Hall–Kier alpha value is -3.01. The summed E-state index contributed by atoms with van der Waals surface area (Å²) in [4.78, 5) is 15.4. The van der Waals surface area contributed by atoms with E-state index in [9.17, 15) is 8.42 Å². The Kier molecular flexibility index (Phi) is 8.00. The van der Waals surface area contributed by atoms with Gasteiger partial charge in [-0.3, -0.25) is 4.72 Å². The van der Waals surface area contributed by atoms with Crippen LogP contribution in [0.2, 0.25) is 5.02 Å². The highest BCUT2D eigenvalue weighted by molar-refractivity contribution is 7.92. The van der Waals surface area contributed by atoms with Gasteiger partial charge in [-0.2, -0.15) is 0 Å². The number of hydrogen-bond donors (Lipinski definition) is 2. The van der Waals surface area contributed by atoms with E-state index >= 15 is 0 Å². The Morgan fingerprint density at radius 3 is 2.20 bits per heavy atom. The Bertz CT molecular complexity index is 1260. The molecule has 8 nitrogen and oxygen atoms in total. The van der Waals surface area contributed by atoms with Crippen LogP contribution in [0.3, 0.4) is 0 Å². The van der Waals surface area contributed by atoms with Gasteiger partial charge in [0.05, 0.1) is 5.02 Å². The molecule has 35 heavy (non-hydrogen) atoms. The minimum absolute atomic E-state index is 0.00613. The van der Waals surface area contributed by atoms with E-state index in [1.807, 2.05) is 12.2 Å². The summed E-state index contributed by atoms with van der Waals surface area (Å²) in [5.74, 6) is 0.854. The average Bonchev–Trinajstić information content (AvgIpc) is 2.85. The quantitative estimate of drug-likeness (QED) is 0.448. The molecular weight excluding hydrogens is 484 g/mol. The Morgan fingerprint density at radius 1 is 0.914 bits per heavy atom. The van der Waals surface area contributed by atoms with Crippen LogP contribution in [0.15, 0.2) is 59.9 Å². The fraction of sp³-hybridized carbons (Fsp3) is 0.320. The fourth-order valence-corrected chi connectivity index (χ4v) is 5.56. The summed E-state index contributed by atoms with van der Waals surface area (Å²) in [6.07, 6.45) is 13.5. The summed E-state index contributed by atoms with van der Waals surface area (Å²) in [5, 5.41) is 3.59. The first-order valence-electron chi connectivity index (χ1n) is 11.5. The normalized spacial score (nSPS) is 18.6. The molecule has 0 radical (unpaired) electrons. The minimum Gasteiger partial charge on any atom is -0.351 e. The van der Waals surface area contributed by atoms with Crippen LogP contribution in [0.1, 0.15) is 36.8 Å². The molecule has 4 rings (SSSR count). The number of hydrogen-bond acceptors (Lipinski definition) is 7. The topological polar surface area (TPSA) is 100 Å². The molecule has 1 aliphatic rings. The number of benzene rings is 1. The molecule has 0 atom stereocenters. The number of nitrogens with one attached hydrogen (secondary N) is 2. The Labute approximate surface area is 211 Å². The van der Waals surface area contributed by atoms with Crippen LogP contribution < -0.4 is 10.0 Å². The van der Waals surface area contributed by atoms with Crippen molar-refractivity contribution in [1.29, 1.82) is 0 Å². The zero-order valence-corrected chi connectivity index (χ0v) is 21.3. The lowest BCUT2D eigenvalue weighted by molar-refractivity contribution is 0.221. The lowest BCUT2D eigenvalue weighted by Crippen LogP contribution is -2.36. The highest BCUT2D eigenvalue weighted by Gasteiger charge is 2.22. The largest absolute Gasteiger partial charge is 0.351 e. The molecule has 0 saturated heterocycles. The van der Waals surface area contributed by atoms with Crippen LogP contribution in [0.4, 0.5) is 11.8 Å². The predicted octanol–water partition coefficient (Wildman–Crippen LogP) is 4.78. The molecule has 3 aromatic rings. The fourth-order valence-electron chi connectivity index (χ4n) is 4.03. The van der Waals surface area contributed by atoms with E-state index in [1.165, 1.54) is 25.0 Å². The number of nitrogens with zero attached hydrogens (tertiary/aromatic N) is 4. The van der Waals surface area contributed by atoms with Crippen molar-refractivity contribution in [2.75, 3.05) is 24.1 Å². The third-order valence-corrected chi connectivity index (χ3v) is 7.91. The van der Waals surface area contributed by atoms with Gasteiger partial charge in [-0.15, -0.1) is 0 Å². The van der Waals surface area contributed by atoms with E-state index in [4.69, 9.17) is 11.6 Å². The number of halogens is 1. The van der Waals surface area contributed by atoms with Gasteiger partial charge in [0.2, 0.25) is 5.95 Å². The van der Waals surface area contributed by atoms with Crippen molar-refractivity contribution in [3.8, 4) is 0 Å². The summed E-state index contributed by atoms with van der Waals surface area (Å²) >= 11 is 6.01. The van der Waals surface area contributed by atoms with Crippen LogP contribution >= 0.6 is 11.6 Å². The first kappa shape index (κ1) is 25.1. The molecule has 0 bridgehead atoms. The van der Waals surface area contributed by atoms with Crippen LogP contribution in [0.5, 0.6) is 0 Å². The third kappa shape index (κ3) is 6.78. The zero-order valence-electron chi connectivity index (χ0n) is 19.7. The Balaban J connectivity index is 1.32. The molecule has 2 N–H and O–H groups in total. The van der Waals surface area contributed by atoms with E-state index in [0.717, 1.165) is 24.0 Å². The maximum atomic E-state index is 12.5. The predicted molar refractivity (Wildman–Crippen MR) is 141 cm³/mol. The lowest BCUT2D eigenvalue weighted by Gasteiger charge is -2.32. The summed E-state index contributed by atoms with van der Waals surface area (Å²) in [6, 6.07) is 10.7. The summed E-state index contributed by atoms with van der Waals surface area (Å²) < 4.78 is 27.5. The van der Waals surface area contributed by atoms with Gasteiger partial charge in [0, 0.05) is 36.2 Å². The molecule has 0 unspecified atom stereocenters. The molecule has 184 valence electrons. The molecule has 1 aliphatic carbocycles. The van der Waals surface area contributed by atoms with E-state index in [0.29, 0.717) is 18.0 Å². The van der Waals surface area contributed by atoms with E-state index in [-0.39, 0.29) is 15.7 Å². The molecule has 0 spiro atoms. The first-order valence-corrected chi connectivity index (χ1v) is 13.3. The van der Waals surface area contributed by atoms with Crippen molar-refractivity contribution in [2.45, 2.75) is 42.7 Å². The number of pyridine rings is 1. The van der Waals surface area contributed by atoms with Gasteiger partial charge in [-0.25, -0.2) is 23.4 Å². The second-order valence-electron chi connectivity index (χ2n) is 8.80. The van der Waals surface area contributed by atoms with Crippen molar-refractivity contribution in [3.63, 3.8) is 0 Å². The molecule has 1 fully saturated rings. The van der Waals surface area contributed by atoms with Crippen molar-refractivity contribution >= 4 is 45.5 Å². The van der Waals surface area contributed by atoms with Gasteiger partial charge < -0.3 is 10.2 Å². The SMILES string of the molecule is CN(C)[C@H]1CC[C@H](Nc2ncc(/C=C/c3ccc(NS(=O)(=O)c4ccccc4Cl)nc3)cn2)CC1. The first-order chi connectivity index (χ1) is 16.8. The number of anilines is 2. The van der Waals surface area contributed by atoms with Gasteiger partial charge >= 0.3 is 0 Å². The van der Waals surface area contributed by atoms with Crippen molar-refractivity contribution in [2.24, 2.45) is 0 Å². The second kappa shape index (κ2) is 11.2. The highest BCUT2D eigenvalue weighted by atomic mass is 35.5. The standard InChI is InChI=1S/C25H29ClN6O2S/c1-32(2)21-12-10-20(11-13-21)30-25-28-16-19(17-29-25)8-7-18-9-14-24(27-15-18)31-35(33,34)23-6-4-3-5-22(23)26/h3-9,14-17,20-21H,10-13H2,1-2H3,(H,27,31)(H,28,29,30)/b8-7+/t20-,21-. The van der Waals surface area contributed by atoms with Crippen LogP contribution in [-0.2, 0) is 10.0 Å². The van der Waals surface area contributed by atoms with Gasteiger partial charge in [-0.05, 0) is 69.6 Å². The molecule has 1 saturated carbocycles. The second-order valence-corrected chi connectivity index (χ2v) is 10.9. The van der Waals surface area contributed by atoms with Crippen LogP contribution in [0.25, 0.3) is 12.2 Å². The van der Waals surface area contributed by atoms with Crippen LogP contribution in [-0.4, -0.2) is 54.4 Å². The van der Waals surface area contributed by atoms with E-state index in [1.54, 1.807) is 42.9 Å². The smallest absolute Gasteiger partial charge is 0.264 e. The maximum Gasteiger partial charge on any atom is 0.264 e. The average molecular weight is 513 g/mol. The number of rotatable bonds is 8. The summed E-state index contributed by atoms with van der Waals surface area (Å²) in [6.45, 7) is 0. The van der Waals surface area contributed by atoms with Crippen LogP contribution in [0, 0.1) is 0 Å². The number of sulfonamides is 1. The highest BCUT2D eigenvalue weighted by Crippen LogP contribution is 2.24. The maximum absolute atomic E-state index is 12.5. The molecule has 1 aromatic carbocycles. The van der Waals surface area contributed by atoms with Crippen molar-refractivity contribution in [3.05, 3.63) is 71.1 Å². The number of aromatic nitrogens is 3. The molecule has 0 aliphatic heterocycles. The van der Waals surface area contributed by atoms with E-state index < -0.39 is 10.0 Å². The molecule has 2 heterocycles. The Morgan fingerprint density at radius 2 is 1.57 bits per heavy atom. The van der Waals surface area contributed by atoms with Crippen molar-refractivity contribution in [1.82, 2.24) is 19.9 Å². The van der Waals surface area contributed by atoms with Crippen molar-refractivity contribution < 1.29 is 8.42 Å². The van der Waals surface area contributed by atoms with E-state index in [2.05, 4.69) is 44.0 Å². The van der Waals surface area contributed by atoms with Gasteiger partial charge in [-0.1, -0.05) is 35.9 Å². The summed E-state index contributed by atoms with van der Waals surface area (Å²) in [5.41, 5.74) is 1.67. The molecule has 0 amide bonds. The minimum atomic E-state index is -3.82.